The largest absolute Gasteiger partial charge is 0.375 e. The first kappa shape index (κ1) is 11.6. The first-order valence-corrected chi connectivity index (χ1v) is 6.81. The number of aromatic nitrogens is 2. The molecular weight excluding hydrogens is 249 g/mol. The van der Waals surface area contributed by atoms with Crippen molar-refractivity contribution >= 4 is 16.5 Å². The zero-order valence-electron chi connectivity index (χ0n) is 10.1. The van der Waals surface area contributed by atoms with Gasteiger partial charge in [-0.2, -0.15) is 4.39 Å². The quantitative estimate of drug-likeness (QED) is 0.805. The van der Waals surface area contributed by atoms with Gasteiger partial charge in [-0.15, -0.1) is 11.3 Å². The molecule has 0 spiro atoms. The van der Waals surface area contributed by atoms with Gasteiger partial charge in [-0.3, -0.25) is 0 Å². The third-order valence-corrected chi connectivity index (χ3v) is 4.46. The van der Waals surface area contributed by atoms with Crippen molar-refractivity contribution in [1.82, 2.24) is 9.97 Å². The number of nitrogens with two attached hydrogens (primary N) is 1. The molecule has 0 bridgehead atoms. The van der Waals surface area contributed by atoms with Crippen LogP contribution >= 0.6 is 11.3 Å². The van der Waals surface area contributed by atoms with E-state index in [1.807, 2.05) is 6.92 Å². The van der Waals surface area contributed by atoms with E-state index in [2.05, 4.69) is 9.97 Å². The summed E-state index contributed by atoms with van der Waals surface area (Å²) in [6.07, 6.45) is 4.60. The van der Waals surface area contributed by atoms with Gasteiger partial charge in [0.2, 0.25) is 5.95 Å². The average Bonchev–Trinajstić information content (AvgIpc) is 2.68. The van der Waals surface area contributed by atoms with Crippen molar-refractivity contribution < 1.29 is 4.39 Å². The van der Waals surface area contributed by atoms with Crippen LogP contribution in [0.4, 0.5) is 9.52 Å². The summed E-state index contributed by atoms with van der Waals surface area (Å²) >= 11 is 1.57. The standard InChI is InChI=1S/C13H14FN3S/c1-7-4-12(14)16-6-9(7)8-2-3-10-11(5-8)18-13(15)17-10/h4,6,8H,2-3,5H2,1H3,(H2,15,17). The van der Waals surface area contributed by atoms with Crippen LogP contribution in [0.2, 0.25) is 0 Å². The first-order valence-electron chi connectivity index (χ1n) is 5.99. The van der Waals surface area contributed by atoms with E-state index in [4.69, 9.17) is 5.73 Å². The van der Waals surface area contributed by atoms with Crippen molar-refractivity contribution in [3.8, 4) is 0 Å². The van der Waals surface area contributed by atoms with E-state index in [-0.39, 0.29) is 0 Å². The fourth-order valence-electron chi connectivity index (χ4n) is 2.62. The molecule has 1 aliphatic carbocycles. The van der Waals surface area contributed by atoms with E-state index in [0.717, 1.165) is 36.1 Å². The number of thiazole rings is 1. The van der Waals surface area contributed by atoms with Crippen LogP contribution < -0.4 is 5.73 Å². The number of aryl methyl sites for hydroxylation is 2. The molecule has 0 aromatic carbocycles. The summed E-state index contributed by atoms with van der Waals surface area (Å²) in [7, 11) is 0. The predicted octanol–water partition coefficient (Wildman–Crippen LogP) is 2.84. The highest BCUT2D eigenvalue weighted by Crippen LogP contribution is 2.36. The van der Waals surface area contributed by atoms with Gasteiger partial charge < -0.3 is 5.73 Å². The number of halogens is 1. The van der Waals surface area contributed by atoms with E-state index in [0.29, 0.717) is 11.0 Å². The Balaban J connectivity index is 1.91. The van der Waals surface area contributed by atoms with Gasteiger partial charge in [0, 0.05) is 11.1 Å². The molecule has 2 heterocycles. The zero-order chi connectivity index (χ0) is 12.7. The summed E-state index contributed by atoms with van der Waals surface area (Å²) in [4.78, 5) is 9.38. The van der Waals surface area contributed by atoms with Crippen molar-refractivity contribution in [2.75, 3.05) is 5.73 Å². The summed E-state index contributed by atoms with van der Waals surface area (Å²) < 4.78 is 13.0. The summed E-state index contributed by atoms with van der Waals surface area (Å²) in [6, 6.07) is 1.51. The summed E-state index contributed by atoms with van der Waals surface area (Å²) in [5.74, 6) is 0.000216. The van der Waals surface area contributed by atoms with Crippen LogP contribution in [0.5, 0.6) is 0 Å². The minimum absolute atomic E-state index is 0.408. The van der Waals surface area contributed by atoms with Crippen LogP contribution in [0.1, 0.15) is 34.0 Å². The van der Waals surface area contributed by atoms with Crippen LogP contribution in [0, 0.1) is 12.9 Å². The average molecular weight is 263 g/mol. The topological polar surface area (TPSA) is 51.8 Å². The Morgan fingerprint density at radius 1 is 1.50 bits per heavy atom. The number of rotatable bonds is 1. The maximum Gasteiger partial charge on any atom is 0.213 e. The fraction of sp³-hybridized carbons (Fsp3) is 0.385. The third kappa shape index (κ3) is 1.99. The van der Waals surface area contributed by atoms with Gasteiger partial charge in [-0.05, 0) is 49.3 Å². The molecule has 3 rings (SSSR count). The number of nitrogens with zero attached hydrogens (tertiary/aromatic N) is 2. The van der Waals surface area contributed by atoms with Crippen molar-refractivity contribution in [1.29, 1.82) is 0 Å². The molecule has 1 atom stereocenters. The predicted molar refractivity (Wildman–Crippen MR) is 70.2 cm³/mol. The zero-order valence-corrected chi connectivity index (χ0v) is 10.9. The van der Waals surface area contributed by atoms with Crippen LogP contribution in [0.15, 0.2) is 12.3 Å². The molecule has 2 aromatic rings. The van der Waals surface area contributed by atoms with Crippen molar-refractivity contribution in [3.63, 3.8) is 0 Å². The smallest absolute Gasteiger partial charge is 0.213 e. The molecular formula is C13H14FN3S. The SMILES string of the molecule is Cc1cc(F)ncc1C1CCc2nc(N)sc2C1. The molecule has 0 radical (unpaired) electrons. The highest BCUT2D eigenvalue weighted by Gasteiger charge is 2.24. The number of anilines is 1. The minimum atomic E-state index is -0.408. The molecule has 0 fully saturated rings. The maximum atomic E-state index is 13.0. The molecule has 0 saturated heterocycles. The van der Waals surface area contributed by atoms with Crippen LogP contribution in [0.25, 0.3) is 0 Å². The summed E-state index contributed by atoms with van der Waals surface area (Å²) in [5.41, 5.74) is 9.01. The van der Waals surface area contributed by atoms with E-state index in [1.54, 1.807) is 17.5 Å². The summed E-state index contributed by atoms with van der Waals surface area (Å²) in [6.45, 7) is 1.94. The molecule has 1 unspecified atom stereocenters. The second-order valence-corrected chi connectivity index (χ2v) is 5.84. The van der Waals surface area contributed by atoms with E-state index >= 15 is 0 Å². The van der Waals surface area contributed by atoms with Crippen LogP contribution in [0.3, 0.4) is 0 Å². The lowest BCUT2D eigenvalue weighted by atomic mass is 9.84. The molecule has 0 aliphatic heterocycles. The fourth-order valence-corrected chi connectivity index (χ4v) is 3.58. The van der Waals surface area contributed by atoms with Gasteiger partial charge in [0.15, 0.2) is 5.13 Å². The van der Waals surface area contributed by atoms with Gasteiger partial charge in [-0.1, -0.05) is 0 Å². The van der Waals surface area contributed by atoms with Crippen molar-refractivity contribution in [3.05, 3.63) is 39.9 Å². The molecule has 2 N–H and O–H groups in total. The van der Waals surface area contributed by atoms with Gasteiger partial charge in [0.25, 0.3) is 0 Å². The van der Waals surface area contributed by atoms with Gasteiger partial charge in [0.05, 0.1) is 5.69 Å². The van der Waals surface area contributed by atoms with Crippen LogP contribution in [-0.4, -0.2) is 9.97 Å². The number of pyridine rings is 1. The summed E-state index contributed by atoms with van der Waals surface area (Å²) in [5, 5.41) is 0.648. The van der Waals surface area contributed by atoms with Crippen molar-refractivity contribution in [2.45, 2.75) is 32.1 Å². The minimum Gasteiger partial charge on any atom is -0.375 e. The van der Waals surface area contributed by atoms with E-state index in [1.165, 1.54) is 10.9 Å². The monoisotopic (exact) mass is 263 g/mol. The molecule has 18 heavy (non-hydrogen) atoms. The number of nitrogen functional groups attached to an aromatic ring is 1. The molecule has 0 amide bonds. The molecule has 2 aromatic heterocycles. The Kier molecular flexibility index (Phi) is 2.78. The van der Waals surface area contributed by atoms with E-state index < -0.39 is 5.95 Å². The first-order chi connectivity index (χ1) is 8.63. The van der Waals surface area contributed by atoms with Gasteiger partial charge >= 0.3 is 0 Å². The highest BCUT2D eigenvalue weighted by molar-refractivity contribution is 7.15. The second-order valence-electron chi connectivity index (χ2n) is 4.73. The maximum absolute atomic E-state index is 13.0. The number of hydrogen-bond acceptors (Lipinski definition) is 4. The van der Waals surface area contributed by atoms with E-state index in [9.17, 15) is 4.39 Å². The highest BCUT2D eigenvalue weighted by atomic mass is 32.1. The molecule has 5 heteroatoms. The Bertz CT molecular complexity index is 594. The molecule has 0 saturated carbocycles. The van der Waals surface area contributed by atoms with Gasteiger partial charge in [-0.25, -0.2) is 9.97 Å². The Hall–Kier alpha value is -1.49. The number of fused-ring (bicyclic) bond motifs is 1. The lowest BCUT2D eigenvalue weighted by molar-refractivity contribution is 0.558. The number of hydrogen-bond donors (Lipinski definition) is 1. The Morgan fingerprint density at radius 2 is 2.33 bits per heavy atom. The van der Waals surface area contributed by atoms with Crippen LogP contribution in [-0.2, 0) is 12.8 Å². The van der Waals surface area contributed by atoms with Crippen molar-refractivity contribution in [2.24, 2.45) is 0 Å². The third-order valence-electron chi connectivity index (χ3n) is 3.51. The Morgan fingerprint density at radius 3 is 3.11 bits per heavy atom. The van der Waals surface area contributed by atoms with Gasteiger partial charge in [0.1, 0.15) is 0 Å². The second kappa shape index (κ2) is 4.31. The normalized spacial score (nSPS) is 18.7. The molecule has 3 nitrogen and oxygen atoms in total. The molecule has 94 valence electrons. The lowest BCUT2D eigenvalue weighted by Gasteiger charge is -2.22. The molecule has 1 aliphatic rings. The lowest BCUT2D eigenvalue weighted by Crippen LogP contribution is -2.13. The Labute approximate surface area is 109 Å².